The number of nitrogens with one attached hydrogen (secondary N) is 1. The lowest BCUT2D eigenvalue weighted by Gasteiger charge is -2.02. The first-order chi connectivity index (χ1) is 6.27. The summed E-state index contributed by atoms with van der Waals surface area (Å²) in [6.45, 7) is 0.296. The summed E-state index contributed by atoms with van der Waals surface area (Å²) in [6.07, 6.45) is 0. The van der Waals surface area contributed by atoms with E-state index in [4.69, 9.17) is 0 Å². The summed E-state index contributed by atoms with van der Waals surface area (Å²) >= 11 is 0. The van der Waals surface area contributed by atoms with Crippen LogP contribution in [-0.2, 0) is 16.2 Å². The fourth-order valence-corrected chi connectivity index (χ4v) is 1.14. The standard InChI is InChI=1S/C4H7N5O2P2/c1-9-4(6-7-8-9)5-2-3(12-10)13-11/h3H,2H2,1H3,(H,5,6,8). The lowest BCUT2D eigenvalue weighted by molar-refractivity contribution is 0.588. The number of hydrogen-bond donors (Lipinski definition) is 1. The summed E-state index contributed by atoms with van der Waals surface area (Å²) in [5.41, 5.74) is 0. The van der Waals surface area contributed by atoms with E-state index in [-0.39, 0.29) is 16.9 Å². The van der Waals surface area contributed by atoms with Gasteiger partial charge in [0.15, 0.2) is 16.9 Å². The van der Waals surface area contributed by atoms with Gasteiger partial charge in [0.2, 0.25) is 5.95 Å². The van der Waals surface area contributed by atoms with Crippen molar-refractivity contribution in [1.29, 1.82) is 0 Å². The van der Waals surface area contributed by atoms with E-state index in [0.29, 0.717) is 12.5 Å². The van der Waals surface area contributed by atoms with Crippen molar-refractivity contribution in [3.05, 3.63) is 0 Å². The quantitative estimate of drug-likeness (QED) is 0.726. The molecule has 0 saturated carbocycles. The van der Waals surface area contributed by atoms with Crippen LogP contribution in [0.5, 0.6) is 0 Å². The van der Waals surface area contributed by atoms with E-state index in [2.05, 4.69) is 20.8 Å². The normalized spacial score (nSPS) is 13.3. The number of nitrogens with zero attached hydrogens (tertiary/aromatic N) is 4. The Hall–Kier alpha value is -0.930. The summed E-state index contributed by atoms with van der Waals surface area (Å²) in [7, 11) is 1.34. The molecule has 0 fully saturated rings. The van der Waals surface area contributed by atoms with E-state index in [1.165, 1.54) is 4.68 Å². The average molecular weight is 219 g/mol. The van der Waals surface area contributed by atoms with Gasteiger partial charge in [-0.15, -0.1) is 0 Å². The Morgan fingerprint density at radius 2 is 2.23 bits per heavy atom. The molecule has 1 aromatic heterocycles. The van der Waals surface area contributed by atoms with Gasteiger partial charge in [-0.1, -0.05) is 5.10 Å². The van der Waals surface area contributed by atoms with Crippen molar-refractivity contribution in [2.75, 3.05) is 11.9 Å². The third-order valence-corrected chi connectivity index (χ3v) is 2.72. The van der Waals surface area contributed by atoms with E-state index < -0.39 is 5.40 Å². The van der Waals surface area contributed by atoms with Crippen molar-refractivity contribution in [3.63, 3.8) is 0 Å². The van der Waals surface area contributed by atoms with E-state index in [9.17, 15) is 9.13 Å². The highest BCUT2D eigenvalue weighted by Gasteiger charge is 2.09. The molecule has 0 aliphatic carbocycles. The van der Waals surface area contributed by atoms with Crippen molar-refractivity contribution in [2.24, 2.45) is 7.05 Å². The van der Waals surface area contributed by atoms with Crippen LogP contribution in [0.2, 0.25) is 0 Å². The Kier molecular flexibility index (Phi) is 3.86. The Balaban J connectivity index is 2.47. The molecule has 0 atom stereocenters. The van der Waals surface area contributed by atoms with Crippen molar-refractivity contribution in [2.45, 2.75) is 5.40 Å². The highest BCUT2D eigenvalue weighted by atomic mass is 31.1. The molecule has 1 rings (SSSR count). The summed E-state index contributed by atoms with van der Waals surface area (Å²) in [6, 6.07) is 0. The molecule has 0 amide bonds. The molecule has 0 unspecified atom stereocenters. The van der Waals surface area contributed by atoms with Gasteiger partial charge in [-0.3, -0.25) is 9.13 Å². The lowest BCUT2D eigenvalue weighted by atomic mass is 10.7. The van der Waals surface area contributed by atoms with Gasteiger partial charge >= 0.3 is 0 Å². The first kappa shape index (κ1) is 10.2. The monoisotopic (exact) mass is 219 g/mol. The van der Waals surface area contributed by atoms with Gasteiger partial charge in [0.1, 0.15) is 5.40 Å². The van der Waals surface area contributed by atoms with Crippen molar-refractivity contribution >= 4 is 22.9 Å². The molecular weight excluding hydrogens is 212 g/mol. The topological polar surface area (TPSA) is 89.8 Å². The fourth-order valence-electron chi connectivity index (χ4n) is 0.656. The minimum absolute atomic E-state index is 0.163. The van der Waals surface area contributed by atoms with Crippen LogP contribution in [0.25, 0.3) is 0 Å². The zero-order valence-electron chi connectivity index (χ0n) is 6.78. The molecule has 0 bridgehead atoms. The van der Waals surface area contributed by atoms with E-state index in [1.54, 1.807) is 7.05 Å². The van der Waals surface area contributed by atoms with Gasteiger partial charge in [-0.2, -0.15) is 0 Å². The van der Waals surface area contributed by atoms with Crippen molar-refractivity contribution in [3.8, 4) is 0 Å². The summed E-state index contributed by atoms with van der Waals surface area (Å²) in [5, 5.41) is 13.0. The zero-order chi connectivity index (χ0) is 9.68. The van der Waals surface area contributed by atoms with Crippen LogP contribution in [0.15, 0.2) is 0 Å². The fraction of sp³-hybridized carbons (Fsp3) is 0.750. The van der Waals surface area contributed by atoms with Crippen molar-refractivity contribution in [1.82, 2.24) is 20.2 Å². The number of anilines is 1. The third-order valence-electron chi connectivity index (χ3n) is 1.31. The van der Waals surface area contributed by atoms with Crippen LogP contribution in [0.4, 0.5) is 5.95 Å². The van der Waals surface area contributed by atoms with Crippen LogP contribution in [0.3, 0.4) is 0 Å². The molecule has 70 valence electrons. The first-order valence-corrected chi connectivity index (χ1v) is 5.15. The molecule has 9 heteroatoms. The van der Waals surface area contributed by atoms with E-state index in [0.717, 1.165) is 0 Å². The Morgan fingerprint density at radius 3 is 2.69 bits per heavy atom. The molecule has 1 N–H and O–H groups in total. The van der Waals surface area contributed by atoms with Crippen LogP contribution in [-0.4, -0.2) is 32.2 Å². The van der Waals surface area contributed by atoms with E-state index in [1.807, 2.05) is 0 Å². The molecule has 0 aliphatic heterocycles. The molecular formula is C4H7N5O2P2. The maximum Gasteiger partial charge on any atom is 0.242 e. The SMILES string of the molecule is Cn1nnnc1NCC(P=O)P=O. The molecule has 1 heterocycles. The summed E-state index contributed by atoms with van der Waals surface area (Å²) in [4.78, 5) is 0. The van der Waals surface area contributed by atoms with Gasteiger partial charge in [0, 0.05) is 13.6 Å². The van der Waals surface area contributed by atoms with Crippen LogP contribution in [0.1, 0.15) is 0 Å². The second-order valence-electron chi connectivity index (χ2n) is 2.20. The first-order valence-electron chi connectivity index (χ1n) is 3.39. The highest BCUT2D eigenvalue weighted by Crippen LogP contribution is 2.18. The van der Waals surface area contributed by atoms with Gasteiger partial charge < -0.3 is 5.32 Å². The summed E-state index contributed by atoms with van der Waals surface area (Å²) in [5.74, 6) is 0.456. The number of aromatic nitrogens is 4. The molecule has 13 heavy (non-hydrogen) atoms. The Bertz CT molecular complexity index is 294. The molecule has 0 spiro atoms. The number of aryl methyl sites for hydroxylation is 1. The molecule has 0 aromatic carbocycles. The lowest BCUT2D eigenvalue weighted by Crippen LogP contribution is -2.12. The average Bonchev–Trinajstić information content (AvgIpc) is 2.54. The number of rotatable bonds is 5. The number of tetrazole rings is 1. The second-order valence-corrected chi connectivity index (χ2v) is 4.27. The van der Waals surface area contributed by atoms with E-state index >= 15 is 0 Å². The predicted molar refractivity (Wildman–Crippen MR) is 46.3 cm³/mol. The minimum Gasteiger partial charge on any atom is -0.351 e. The van der Waals surface area contributed by atoms with Gasteiger partial charge in [0.25, 0.3) is 0 Å². The highest BCUT2D eigenvalue weighted by molar-refractivity contribution is 7.44. The maximum atomic E-state index is 10.4. The van der Waals surface area contributed by atoms with Gasteiger partial charge in [-0.05, 0) is 10.4 Å². The zero-order valence-corrected chi connectivity index (χ0v) is 8.57. The Morgan fingerprint density at radius 1 is 1.54 bits per heavy atom. The van der Waals surface area contributed by atoms with Gasteiger partial charge in [-0.25, -0.2) is 4.68 Å². The molecule has 0 radical (unpaired) electrons. The smallest absolute Gasteiger partial charge is 0.242 e. The Labute approximate surface area is 77.3 Å². The predicted octanol–water partition coefficient (Wildman–Crippen LogP) is 0.531. The molecule has 0 saturated heterocycles. The van der Waals surface area contributed by atoms with Crippen LogP contribution < -0.4 is 5.32 Å². The van der Waals surface area contributed by atoms with Crippen molar-refractivity contribution < 1.29 is 9.13 Å². The second kappa shape index (κ2) is 4.94. The molecule has 1 aromatic rings. The maximum absolute atomic E-state index is 10.4. The summed E-state index contributed by atoms with van der Waals surface area (Å²) < 4.78 is 22.2. The van der Waals surface area contributed by atoms with Crippen LogP contribution >= 0.6 is 16.9 Å². The van der Waals surface area contributed by atoms with Gasteiger partial charge in [0.05, 0.1) is 0 Å². The molecule has 7 nitrogen and oxygen atoms in total. The largest absolute Gasteiger partial charge is 0.351 e. The minimum atomic E-state index is -0.461. The molecule has 0 aliphatic rings. The third kappa shape index (κ3) is 2.79. The number of hydrogen-bond acceptors (Lipinski definition) is 6. The van der Waals surface area contributed by atoms with Crippen LogP contribution in [0, 0.1) is 0 Å².